The van der Waals surface area contributed by atoms with Gasteiger partial charge in [0.25, 0.3) is 0 Å². The van der Waals surface area contributed by atoms with Crippen LogP contribution in [-0.4, -0.2) is 37.5 Å². The minimum Gasteiger partial charge on any atom is -0.465 e. The molecule has 0 amide bonds. The molecule has 1 N–H and O–H groups in total. The van der Waals surface area contributed by atoms with Crippen molar-refractivity contribution in [2.75, 3.05) is 20.3 Å². The van der Waals surface area contributed by atoms with Gasteiger partial charge in [-0.3, -0.25) is 4.79 Å². The van der Waals surface area contributed by atoms with Crippen LogP contribution >= 0.6 is 0 Å². The lowest BCUT2D eigenvalue weighted by atomic mass is 10.1. The van der Waals surface area contributed by atoms with Crippen molar-refractivity contribution in [2.24, 2.45) is 5.92 Å². The molecule has 12 heavy (non-hydrogen) atoms. The molecule has 0 aliphatic carbocycles. The minimum atomic E-state index is -0.311. The molecule has 0 heterocycles. The first-order valence-corrected chi connectivity index (χ1v) is 3.88. The van der Waals surface area contributed by atoms with E-state index >= 15 is 0 Å². The number of aliphatic hydroxyl groups excluding tert-OH is 1. The van der Waals surface area contributed by atoms with Gasteiger partial charge in [0.2, 0.25) is 0 Å². The maximum absolute atomic E-state index is 10.4. The fourth-order valence-electron chi connectivity index (χ4n) is 0.843. The van der Waals surface area contributed by atoms with E-state index in [0.29, 0.717) is 0 Å². The Kier molecular flexibility index (Phi) is 5.66. The Bertz CT molecular complexity index is 131. The number of ether oxygens (including phenoxy) is 2. The molecule has 0 aromatic rings. The normalized spacial score (nSPS) is 15.3. The summed E-state index contributed by atoms with van der Waals surface area (Å²) >= 11 is 0. The van der Waals surface area contributed by atoms with Crippen LogP contribution in [-0.2, 0) is 14.3 Å². The van der Waals surface area contributed by atoms with E-state index in [1.54, 1.807) is 0 Å². The van der Waals surface area contributed by atoms with E-state index in [1.165, 1.54) is 14.0 Å². The van der Waals surface area contributed by atoms with E-state index in [1.807, 2.05) is 6.92 Å². The van der Waals surface area contributed by atoms with Gasteiger partial charge < -0.3 is 14.6 Å². The van der Waals surface area contributed by atoms with Crippen LogP contribution in [0.3, 0.4) is 0 Å². The number of esters is 1. The monoisotopic (exact) mass is 176 g/mol. The summed E-state index contributed by atoms with van der Waals surface area (Å²) in [6.45, 7) is 3.44. The number of hydrogen-bond acceptors (Lipinski definition) is 4. The Morgan fingerprint density at radius 1 is 1.58 bits per heavy atom. The molecule has 4 heteroatoms. The molecule has 0 spiro atoms. The quantitative estimate of drug-likeness (QED) is 0.608. The third-order valence-corrected chi connectivity index (χ3v) is 1.67. The summed E-state index contributed by atoms with van der Waals surface area (Å²) in [6, 6.07) is 0. The van der Waals surface area contributed by atoms with Crippen LogP contribution in [0.25, 0.3) is 0 Å². The molecule has 0 rings (SSSR count). The van der Waals surface area contributed by atoms with E-state index in [4.69, 9.17) is 14.6 Å². The standard InChI is InChI=1S/C8H16O4/c1-6(5-12-7(2)10)8(4-9)11-3/h6,8-9H,4-5H2,1-3H3. The molecule has 0 aromatic carbocycles. The van der Waals surface area contributed by atoms with Gasteiger partial charge in [0, 0.05) is 20.0 Å². The number of aliphatic hydroxyl groups is 1. The summed E-state index contributed by atoms with van der Waals surface area (Å²) in [5.41, 5.74) is 0. The van der Waals surface area contributed by atoms with Crippen LogP contribution in [0.2, 0.25) is 0 Å². The van der Waals surface area contributed by atoms with Crippen molar-refractivity contribution >= 4 is 5.97 Å². The summed E-state index contributed by atoms with van der Waals surface area (Å²) in [5.74, 6) is -0.293. The van der Waals surface area contributed by atoms with Gasteiger partial charge in [-0.2, -0.15) is 0 Å². The van der Waals surface area contributed by atoms with E-state index in [9.17, 15) is 4.79 Å². The zero-order chi connectivity index (χ0) is 9.56. The number of carbonyl (C=O) groups is 1. The second-order valence-electron chi connectivity index (χ2n) is 2.74. The molecule has 0 bridgehead atoms. The molecular weight excluding hydrogens is 160 g/mol. The first kappa shape index (κ1) is 11.4. The lowest BCUT2D eigenvalue weighted by molar-refractivity contribution is -0.144. The smallest absolute Gasteiger partial charge is 0.302 e. The number of hydrogen-bond donors (Lipinski definition) is 1. The van der Waals surface area contributed by atoms with Crippen molar-refractivity contribution < 1.29 is 19.4 Å². The molecule has 0 aromatic heterocycles. The summed E-state index contributed by atoms with van der Waals surface area (Å²) in [5, 5.41) is 8.80. The van der Waals surface area contributed by atoms with E-state index in [0.717, 1.165) is 0 Å². The van der Waals surface area contributed by atoms with Crippen molar-refractivity contribution in [1.82, 2.24) is 0 Å². The van der Waals surface area contributed by atoms with E-state index in [-0.39, 0.29) is 31.2 Å². The average Bonchev–Trinajstić information content (AvgIpc) is 2.03. The third kappa shape index (κ3) is 4.31. The second kappa shape index (κ2) is 5.97. The van der Waals surface area contributed by atoms with Gasteiger partial charge in [-0.05, 0) is 0 Å². The fourth-order valence-corrected chi connectivity index (χ4v) is 0.843. The molecule has 0 radical (unpaired) electrons. The Balaban J connectivity index is 3.68. The van der Waals surface area contributed by atoms with Crippen molar-refractivity contribution in [3.63, 3.8) is 0 Å². The minimum absolute atomic E-state index is 0.0175. The maximum Gasteiger partial charge on any atom is 0.302 e. The lowest BCUT2D eigenvalue weighted by Gasteiger charge is -2.19. The van der Waals surface area contributed by atoms with Crippen LogP contribution in [0.4, 0.5) is 0 Å². The highest BCUT2D eigenvalue weighted by atomic mass is 16.5. The lowest BCUT2D eigenvalue weighted by Crippen LogP contribution is -2.28. The number of methoxy groups -OCH3 is 1. The third-order valence-electron chi connectivity index (χ3n) is 1.67. The van der Waals surface area contributed by atoms with Gasteiger partial charge in [-0.15, -0.1) is 0 Å². The zero-order valence-corrected chi connectivity index (χ0v) is 7.74. The molecule has 0 fully saturated rings. The first-order chi connectivity index (χ1) is 5.61. The number of carbonyl (C=O) groups excluding carboxylic acids is 1. The molecule has 2 atom stereocenters. The van der Waals surface area contributed by atoms with Gasteiger partial charge in [0.1, 0.15) is 0 Å². The Hall–Kier alpha value is -0.610. The molecule has 2 unspecified atom stereocenters. The van der Waals surface area contributed by atoms with Crippen molar-refractivity contribution in [3.8, 4) is 0 Å². The van der Waals surface area contributed by atoms with Crippen LogP contribution in [0, 0.1) is 5.92 Å². The highest BCUT2D eigenvalue weighted by Gasteiger charge is 2.16. The maximum atomic E-state index is 10.4. The summed E-state index contributed by atoms with van der Waals surface area (Å²) < 4.78 is 9.71. The SMILES string of the molecule is COC(CO)C(C)COC(C)=O. The van der Waals surface area contributed by atoms with Gasteiger partial charge in [-0.25, -0.2) is 0 Å². The highest BCUT2D eigenvalue weighted by Crippen LogP contribution is 2.06. The molecule has 0 aliphatic rings. The van der Waals surface area contributed by atoms with E-state index in [2.05, 4.69) is 0 Å². The predicted molar refractivity (Wildman–Crippen MR) is 43.7 cm³/mol. The Labute approximate surface area is 72.5 Å². The second-order valence-corrected chi connectivity index (χ2v) is 2.74. The molecule has 4 nitrogen and oxygen atoms in total. The zero-order valence-electron chi connectivity index (χ0n) is 7.74. The summed E-state index contributed by atoms with van der Waals surface area (Å²) in [7, 11) is 1.52. The van der Waals surface area contributed by atoms with Crippen LogP contribution in [0.5, 0.6) is 0 Å². The Morgan fingerprint density at radius 2 is 2.17 bits per heavy atom. The Morgan fingerprint density at radius 3 is 2.50 bits per heavy atom. The van der Waals surface area contributed by atoms with Crippen LogP contribution < -0.4 is 0 Å². The molecular formula is C8H16O4. The van der Waals surface area contributed by atoms with Gasteiger partial charge in [0.05, 0.1) is 19.3 Å². The van der Waals surface area contributed by atoms with Crippen molar-refractivity contribution in [3.05, 3.63) is 0 Å². The molecule has 0 saturated heterocycles. The van der Waals surface area contributed by atoms with Crippen molar-refractivity contribution in [1.29, 1.82) is 0 Å². The number of rotatable bonds is 5. The van der Waals surface area contributed by atoms with Gasteiger partial charge in [-0.1, -0.05) is 6.92 Å². The molecule has 0 aliphatic heterocycles. The summed E-state index contributed by atoms with van der Waals surface area (Å²) in [4.78, 5) is 10.4. The average molecular weight is 176 g/mol. The predicted octanol–water partition coefficient (Wildman–Crippen LogP) is 0.193. The van der Waals surface area contributed by atoms with Crippen LogP contribution in [0.1, 0.15) is 13.8 Å². The molecule has 0 saturated carbocycles. The van der Waals surface area contributed by atoms with Gasteiger partial charge in [0.15, 0.2) is 0 Å². The largest absolute Gasteiger partial charge is 0.465 e. The first-order valence-electron chi connectivity index (χ1n) is 3.88. The van der Waals surface area contributed by atoms with Gasteiger partial charge >= 0.3 is 5.97 Å². The topological polar surface area (TPSA) is 55.8 Å². The highest BCUT2D eigenvalue weighted by molar-refractivity contribution is 5.65. The van der Waals surface area contributed by atoms with Crippen LogP contribution in [0.15, 0.2) is 0 Å². The van der Waals surface area contributed by atoms with Crippen molar-refractivity contribution in [2.45, 2.75) is 20.0 Å². The fraction of sp³-hybridized carbons (Fsp3) is 0.875. The van der Waals surface area contributed by atoms with E-state index < -0.39 is 0 Å². The molecule has 72 valence electrons. The summed E-state index contributed by atoms with van der Waals surface area (Å²) in [6.07, 6.45) is -0.260.